The highest BCUT2D eigenvalue weighted by molar-refractivity contribution is 7.93. The Labute approximate surface area is 157 Å². The van der Waals surface area contributed by atoms with Crippen LogP contribution in [0.1, 0.15) is 15.4 Å². The van der Waals surface area contributed by atoms with Gasteiger partial charge >= 0.3 is 6.18 Å². The number of amides is 1. The minimum absolute atomic E-state index is 0.185. The maximum absolute atomic E-state index is 12.8. The summed E-state index contributed by atoms with van der Waals surface area (Å²) < 4.78 is 56.0. The van der Waals surface area contributed by atoms with E-state index in [0.717, 1.165) is 22.1 Å². The van der Waals surface area contributed by atoms with Crippen molar-refractivity contribution in [3.05, 3.63) is 59.1 Å². The first-order valence-corrected chi connectivity index (χ1v) is 10.3. The van der Waals surface area contributed by atoms with Crippen LogP contribution < -0.4 is 0 Å². The molecule has 3 rings (SSSR count). The van der Waals surface area contributed by atoms with Crippen LogP contribution in [0, 0.1) is 0 Å². The lowest BCUT2D eigenvalue weighted by Gasteiger charge is -2.02. The van der Waals surface area contributed by atoms with E-state index < -0.39 is 27.5 Å². The minimum Gasteiger partial charge on any atom is -0.267 e. The highest BCUT2D eigenvalue weighted by Gasteiger charge is 2.34. The van der Waals surface area contributed by atoms with Crippen LogP contribution >= 0.6 is 11.3 Å². The van der Waals surface area contributed by atoms with Gasteiger partial charge in [0.05, 0.1) is 25.2 Å². The number of alkyl halides is 3. The molecule has 3 aromatic rings. The maximum Gasteiger partial charge on any atom is 0.435 e. The van der Waals surface area contributed by atoms with E-state index in [1.165, 1.54) is 25.4 Å². The van der Waals surface area contributed by atoms with Crippen LogP contribution in [0.2, 0.25) is 0 Å². The van der Waals surface area contributed by atoms with Crippen LogP contribution in [-0.2, 0) is 23.0 Å². The molecular formula is C17H14F3N3O2S2. The minimum atomic E-state index is -4.55. The number of rotatable bonds is 3. The smallest absolute Gasteiger partial charge is 0.267 e. The van der Waals surface area contributed by atoms with Crippen LogP contribution in [0.4, 0.5) is 13.2 Å². The first-order valence-electron chi connectivity index (χ1n) is 7.61. The van der Waals surface area contributed by atoms with Crippen molar-refractivity contribution in [2.24, 2.45) is 11.4 Å². The van der Waals surface area contributed by atoms with Crippen LogP contribution in [0.15, 0.2) is 57.8 Å². The molecule has 1 aromatic carbocycles. The van der Waals surface area contributed by atoms with E-state index in [-0.39, 0.29) is 10.6 Å². The molecule has 0 radical (unpaired) electrons. The van der Waals surface area contributed by atoms with Gasteiger partial charge in [-0.05, 0) is 30.3 Å². The number of hydrogen-bond donors (Lipinski definition) is 0. The maximum atomic E-state index is 12.8. The highest BCUT2D eigenvalue weighted by atomic mass is 32.2. The largest absolute Gasteiger partial charge is 0.435 e. The standard InChI is InChI=1S/C17H14F3N3O2S2/c1-23-12(10-15(21-23)17(18,19)20)13-8-9-14(26-13)16(24)22-27(2,25)11-6-4-3-5-7-11/h3-10H,1-2H3/t27-/m0/s1. The summed E-state index contributed by atoms with van der Waals surface area (Å²) in [7, 11) is -1.53. The molecule has 2 aromatic heterocycles. The van der Waals surface area contributed by atoms with Crippen molar-refractivity contribution in [3.8, 4) is 10.6 Å². The predicted molar refractivity (Wildman–Crippen MR) is 97.1 cm³/mol. The van der Waals surface area contributed by atoms with E-state index in [1.54, 1.807) is 30.3 Å². The lowest BCUT2D eigenvalue weighted by Crippen LogP contribution is -2.06. The molecule has 10 heteroatoms. The van der Waals surface area contributed by atoms with Gasteiger partial charge in [-0.3, -0.25) is 9.48 Å². The molecule has 0 spiro atoms. The normalized spacial score (nSPS) is 14.0. The number of thiophene rings is 1. The third kappa shape index (κ3) is 4.11. The second-order valence-electron chi connectivity index (χ2n) is 5.71. The van der Waals surface area contributed by atoms with Crippen molar-refractivity contribution in [1.29, 1.82) is 0 Å². The van der Waals surface area contributed by atoms with Crippen LogP contribution in [0.5, 0.6) is 0 Å². The first kappa shape index (κ1) is 19.3. The summed E-state index contributed by atoms with van der Waals surface area (Å²) in [5.74, 6) is -0.680. The molecule has 1 atom stereocenters. The van der Waals surface area contributed by atoms with Gasteiger partial charge in [-0.1, -0.05) is 18.2 Å². The monoisotopic (exact) mass is 413 g/mol. The zero-order valence-electron chi connectivity index (χ0n) is 14.2. The van der Waals surface area contributed by atoms with E-state index >= 15 is 0 Å². The van der Waals surface area contributed by atoms with Crippen LogP contribution in [-0.4, -0.2) is 26.2 Å². The summed E-state index contributed by atoms with van der Waals surface area (Å²) in [4.78, 5) is 13.4. The second kappa shape index (κ2) is 6.93. The summed E-state index contributed by atoms with van der Waals surface area (Å²) in [6.07, 6.45) is -3.18. The predicted octanol–water partition coefficient (Wildman–Crippen LogP) is 4.46. The number of benzene rings is 1. The fourth-order valence-electron chi connectivity index (χ4n) is 2.36. The van der Waals surface area contributed by atoms with Gasteiger partial charge in [0, 0.05) is 18.2 Å². The van der Waals surface area contributed by atoms with Gasteiger partial charge < -0.3 is 0 Å². The number of aromatic nitrogens is 2. The zero-order chi connectivity index (χ0) is 19.8. The SMILES string of the molecule is Cn1nc(C(F)(F)F)cc1-c1ccc(C(=O)N=[S@@](C)(=O)c2ccccc2)s1. The molecule has 0 aliphatic heterocycles. The fourth-order valence-corrected chi connectivity index (χ4v) is 4.53. The summed E-state index contributed by atoms with van der Waals surface area (Å²) in [5, 5.41) is 3.46. The Morgan fingerprint density at radius 1 is 1.19 bits per heavy atom. The molecule has 0 bridgehead atoms. The molecule has 0 saturated heterocycles. The molecule has 0 unspecified atom stereocenters. The molecule has 27 heavy (non-hydrogen) atoms. The van der Waals surface area contributed by atoms with E-state index in [9.17, 15) is 22.2 Å². The lowest BCUT2D eigenvalue weighted by molar-refractivity contribution is -0.141. The average Bonchev–Trinajstić information content (AvgIpc) is 3.21. The van der Waals surface area contributed by atoms with Crippen LogP contribution in [0.3, 0.4) is 0 Å². The topological polar surface area (TPSA) is 64.3 Å². The molecule has 142 valence electrons. The van der Waals surface area contributed by atoms with Gasteiger partial charge in [-0.2, -0.15) is 22.6 Å². The number of halogens is 3. The molecular weight excluding hydrogens is 399 g/mol. The summed E-state index contributed by atoms with van der Waals surface area (Å²) in [6.45, 7) is 0. The molecule has 2 heterocycles. The Kier molecular flexibility index (Phi) is 4.96. The van der Waals surface area contributed by atoms with Gasteiger partial charge in [0.1, 0.15) is 0 Å². The van der Waals surface area contributed by atoms with Gasteiger partial charge in [-0.15, -0.1) is 11.3 Å². The van der Waals surface area contributed by atoms with Gasteiger partial charge in [0.25, 0.3) is 5.91 Å². The Morgan fingerprint density at radius 2 is 1.85 bits per heavy atom. The Bertz CT molecular complexity index is 1110. The van der Waals surface area contributed by atoms with Crippen molar-refractivity contribution in [1.82, 2.24) is 9.78 Å². The quantitative estimate of drug-likeness (QED) is 0.637. The number of carbonyl (C=O) groups excluding carboxylic acids is 1. The Balaban J connectivity index is 1.93. The van der Waals surface area contributed by atoms with Crippen molar-refractivity contribution < 1.29 is 22.2 Å². The number of nitrogens with zero attached hydrogens (tertiary/aromatic N) is 3. The molecule has 0 aliphatic carbocycles. The molecule has 1 amide bonds. The molecule has 0 saturated carbocycles. The number of hydrogen-bond acceptors (Lipinski definition) is 4. The van der Waals surface area contributed by atoms with Crippen LogP contribution in [0.25, 0.3) is 10.6 Å². The number of aryl methyl sites for hydroxylation is 1. The van der Waals surface area contributed by atoms with Crippen molar-refractivity contribution in [2.45, 2.75) is 11.1 Å². The molecule has 0 N–H and O–H groups in total. The van der Waals surface area contributed by atoms with Crippen molar-refractivity contribution >= 4 is 27.0 Å². The molecule has 0 aliphatic rings. The summed E-state index contributed by atoms with van der Waals surface area (Å²) in [6, 6.07) is 12.3. The Hall–Kier alpha value is -2.46. The van der Waals surface area contributed by atoms with Gasteiger partial charge in [0.15, 0.2) is 5.69 Å². The van der Waals surface area contributed by atoms with Gasteiger partial charge in [-0.25, -0.2) is 4.21 Å². The zero-order valence-corrected chi connectivity index (χ0v) is 15.9. The number of carbonyl (C=O) groups is 1. The van der Waals surface area contributed by atoms with Crippen molar-refractivity contribution in [2.75, 3.05) is 6.26 Å². The molecule has 0 fully saturated rings. The third-order valence-electron chi connectivity index (χ3n) is 3.68. The average molecular weight is 413 g/mol. The highest BCUT2D eigenvalue weighted by Crippen LogP contribution is 2.34. The first-order chi connectivity index (χ1) is 12.6. The Morgan fingerprint density at radius 3 is 2.44 bits per heavy atom. The van der Waals surface area contributed by atoms with E-state index in [0.29, 0.717) is 9.77 Å². The van der Waals surface area contributed by atoms with E-state index in [1.807, 2.05) is 0 Å². The third-order valence-corrected chi connectivity index (χ3v) is 6.43. The summed E-state index contributed by atoms with van der Waals surface area (Å²) >= 11 is 0.971. The van der Waals surface area contributed by atoms with E-state index in [4.69, 9.17) is 0 Å². The van der Waals surface area contributed by atoms with Gasteiger partial charge in [0.2, 0.25) is 0 Å². The molecule has 5 nitrogen and oxygen atoms in total. The summed E-state index contributed by atoms with van der Waals surface area (Å²) in [5.41, 5.74) is -0.779. The lowest BCUT2D eigenvalue weighted by atomic mass is 10.3. The fraction of sp³-hybridized carbons (Fsp3) is 0.176. The second-order valence-corrected chi connectivity index (χ2v) is 9.05. The van der Waals surface area contributed by atoms with Crippen molar-refractivity contribution in [3.63, 3.8) is 0 Å². The van der Waals surface area contributed by atoms with E-state index in [2.05, 4.69) is 9.46 Å².